The maximum atomic E-state index is 12.9. The number of imidazole rings is 3. The van der Waals surface area contributed by atoms with E-state index in [0.29, 0.717) is 28.0 Å². The van der Waals surface area contributed by atoms with Crippen LogP contribution in [0.5, 0.6) is 5.75 Å². The Balaban J connectivity index is 0.000000166. The van der Waals surface area contributed by atoms with Gasteiger partial charge in [0.2, 0.25) is 17.8 Å². The molecule has 35 heteroatoms. The number of hydrogen-bond acceptors (Lipinski definition) is 29. The number of esters is 2. The van der Waals surface area contributed by atoms with Crippen molar-refractivity contribution in [3.63, 3.8) is 0 Å². The van der Waals surface area contributed by atoms with Crippen LogP contribution in [0.15, 0.2) is 79.6 Å². The molecule has 32 nitrogen and oxygen atoms in total. The summed E-state index contributed by atoms with van der Waals surface area (Å²) in [5, 5.41) is 55.0. The van der Waals surface area contributed by atoms with E-state index in [1.807, 2.05) is 32.9 Å². The number of rotatable bonds is 16. The molecule has 11 rings (SSSR count). The highest BCUT2D eigenvalue weighted by atomic mass is 35.5. The van der Waals surface area contributed by atoms with Crippen LogP contribution >= 0.6 is 18.2 Å². The second kappa shape index (κ2) is 26.1. The predicted molar refractivity (Wildman–Crippen MR) is 326 cm³/mol. The van der Waals surface area contributed by atoms with Gasteiger partial charge in [0.05, 0.1) is 50.0 Å². The van der Waals surface area contributed by atoms with Crippen molar-refractivity contribution >= 4 is 105 Å². The third-order valence-electron chi connectivity index (χ3n) is 15.2. The highest BCUT2D eigenvalue weighted by Gasteiger charge is 2.57. The number of aliphatic hydroxyl groups excluding tert-OH is 3. The lowest BCUT2D eigenvalue weighted by molar-refractivity contribution is -0.149. The quantitative estimate of drug-likeness (QED) is 0.0376. The van der Waals surface area contributed by atoms with E-state index in [1.54, 1.807) is 80.2 Å². The van der Waals surface area contributed by atoms with Gasteiger partial charge in [-0.2, -0.15) is 29.9 Å². The van der Waals surface area contributed by atoms with E-state index in [9.17, 15) is 35.1 Å². The molecule has 478 valence electrons. The number of nitrogens with two attached hydrogens (primary N) is 5. The third kappa shape index (κ3) is 13.3. The monoisotopic (exact) mass is 1290 g/mol. The first-order valence-corrected chi connectivity index (χ1v) is 30.8. The van der Waals surface area contributed by atoms with Crippen LogP contribution in [0.1, 0.15) is 90.9 Å². The van der Waals surface area contributed by atoms with Crippen LogP contribution in [0.3, 0.4) is 0 Å². The normalized spacial score (nSPS) is 27.6. The van der Waals surface area contributed by atoms with Gasteiger partial charge in [-0.25, -0.2) is 24.8 Å². The molecule has 14 atom stereocenters. The third-order valence-corrected chi connectivity index (χ3v) is 18.0. The summed E-state index contributed by atoms with van der Waals surface area (Å²) < 4.78 is 45.7. The molecule has 9 heterocycles. The molecule has 0 aliphatic carbocycles. The van der Waals surface area contributed by atoms with Gasteiger partial charge in [0.25, 0.3) is 0 Å². The molecular formula is C54H70ClN18O14PS. The first-order valence-electron chi connectivity index (χ1n) is 27.8. The van der Waals surface area contributed by atoms with Crippen LogP contribution in [0.2, 0.25) is 5.15 Å². The van der Waals surface area contributed by atoms with E-state index in [4.69, 9.17) is 84.8 Å². The van der Waals surface area contributed by atoms with E-state index in [1.165, 1.54) is 35.6 Å². The highest BCUT2D eigenvalue weighted by molar-refractivity contribution is 8.09. The van der Waals surface area contributed by atoms with Crippen LogP contribution in [-0.4, -0.2) is 169 Å². The Morgan fingerprint density at radius 2 is 1.17 bits per heavy atom. The van der Waals surface area contributed by atoms with Crippen LogP contribution in [0.25, 0.3) is 33.5 Å². The summed E-state index contributed by atoms with van der Waals surface area (Å²) in [6.07, 6.45) is -2.82. The van der Waals surface area contributed by atoms with Gasteiger partial charge in [-0.3, -0.25) is 18.5 Å². The number of nitrogens with one attached hydrogen (secondary N) is 1. The zero-order valence-electron chi connectivity index (χ0n) is 49.4. The van der Waals surface area contributed by atoms with E-state index in [-0.39, 0.29) is 76.2 Å². The van der Waals surface area contributed by atoms with Gasteiger partial charge < -0.3 is 86.9 Å². The summed E-state index contributed by atoms with van der Waals surface area (Å²) in [6.45, 7) is 9.64. The van der Waals surface area contributed by atoms with E-state index >= 15 is 0 Å². The summed E-state index contributed by atoms with van der Waals surface area (Å²) in [6, 6.07) is 16.7. The van der Waals surface area contributed by atoms with Crippen molar-refractivity contribution in [2.45, 2.75) is 140 Å². The van der Waals surface area contributed by atoms with Crippen LogP contribution in [-0.2, 0) is 44.8 Å². The zero-order valence-corrected chi connectivity index (χ0v) is 51.8. The second-order valence-electron chi connectivity index (χ2n) is 22.1. The fourth-order valence-corrected chi connectivity index (χ4v) is 13.0. The van der Waals surface area contributed by atoms with Crippen molar-refractivity contribution in [2.75, 3.05) is 41.9 Å². The number of carbonyl (C=O) groups excluding carboxylic acids is 2. The van der Waals surface area contributed by atoms with Crippen molar-refractivity contribution < 1.29 is 67.9 Å². The van der Waals surface area contributed by atoms with Gasteiger partial charge >= 0.3 is 18.6 Å². The SMILES string of the molecule is CC(C)OC(=O)[C@H](C)NP(=S)(OC[C@H]1O[C@@H](n2cnc3c(N)nc(N)nc32)[C@](C)(O)[C@@H]1O)Oc1ccccc1.CC[C@H]1O[C@@H](n2cnc3c(Cl)nc(N)nc32)[C@](C)(OC(=O)c2ccccc2)[C@@H]1C.C[C@@]1(O)[C@H](O)[C@@H](CO)O[C@H]1n1cnc2c(N)nc(N)nc21. The summed E-state index contributed by atoms with van der Waals surface area (Å²) in [5.74, 6) is -0.544. The molecule has 0 spiro atoms. The number of hydrogen-bond donors (Lipinski definition) is 11. The van der Waals surface area contributed by atoms with Crippen molar-refractivity contribution in [1.29, 1.82) is 0 Å². The molecule has 16 N–H and O–H groups in total. The Bertz CT molecular complexity index is 3890. The summed E-state index contributed by atoms with van der Waals surface area (Å²) in [4.78, 5) is 62.0. The van der Waals surface area contributed by atoms with Crippen molar-refractivity contribution in [2.24, 2.45) is 5.92 Å². The number of benzene rings is 2. The van der Waals surface area contributed by atoms with Gasteiger partial charge in [0.1, 0.15) is 64.0 Å². The lowest BCUT2D eigenvalue weighted by Gasteiger charge is -2.33. The number of fused-ring (bicyclic) bond motifs is 3. The first-order chi connectivity index (χ1) is 42.0. The van der Waals surface area contributed by atoms with E-state index < -0.39 is 91.1 Å². The van der Waals surface area contributed by atoms with Crippen molar-refractivity contribution in [3.05, 3.63) is 90.4 Å². The number of carbonyl (C=O) groups is 2. The molecular weight excluding hydrogens is 1220 g/mol. The minimum Gasteiger partial charge on any atom is -0.462 e. The smallest absolute Gasteiger partial charge is 0.338 e. The number of ether oxygens (including phenoxy) is 5. The fraction of sp³-hybridized carbons (Fsp3) is 0.463. The Hall–Kier alpha value is -7.63. The molecule has 0 bridgehead atoms. The molecule has 3 saturated heterocycles. The molecule has 89 heavy (non-hydrogen) atoms. The predicted octanol–water partition coefficient (Wildman–Crippen LogP) is 2.86. The Morgan fingerprint density at radius 3 is 1.67 bits per heavy atom. The molecule has 3 aliphatic heterocycles. The zero-order chi connectivity index (χ0) is 64.7. The molecule has 3 aliphatic rings. The Morgan fingerprint density at radius 1 is 0.708 bits per heavy atom. The average molecular weight is 1290 g/mol. The van der Waals surface area contributed by atoms with E-state index in [2.05, 4.69) is 49.9 Å². The van der Waals surface area contributed by atoms with Crippen LogP contribution in [0.4, 0.5) is 29.5 Å². The number of para-hydroxylation sites is 1. The first kappa shape index (κ1) is 65.8. The van der Waals surface area contributed by atoms with Gasteiger partial charge in [-0.15, -0.1) is 0 Å². The largest absolute Gasteiger partial charge is 0.462 e. The molecule has 3 fully saturated rings. The Labute approximate surface area is 518 Å². The van der Waals surface area contributed by atoms with Crippen molar-refractivity contribution in [3.8, 4) is 5.75 Å². The Kier molecular flexibility index (Phi) is 19.3. The minimum absolute atomic E-state index is 0.0327. The van der Waals surface area contributed by atoms with Gasteiger partial charge in [0.15, 0.2) is 58.0 Å². The van der Waals surface area contributed by atoms with Gasteiger partial charge in [-0.05, 0) is 84.0 Å². The second-order valence-corrected chi connectivity index (χ2v) is 25.5. The molecule has 8 aromatic rings. The molecule has 1 unspecified atom stereocenters. The van der Waals surface area contributed by atoms with Crippen LogP contribution in [0, 0.1) is 5.92 Å². The number of aliphatic hydroxyl groups is 5. The standard InChI is InChI=1S/C23H32N7O7PS.C20H22ClN5O3.C11H16N6O4/c1-12(2)35-20(32)13(3)29-38(39,37-14-8-6-5-7-9-14)34-10-15-17(31)23(4,33)21(36-15)30-11-26-16-18(24)27-22(25)28-19(16)30;1-4-13-11(2)20(3,29-17(27)12-8-6-5-7-9-12)18(28-13)26-10-23-14-15(21)24-19(22)25-16(14)26;1-11(20)6(19)4(2-18)21-9(11)17-3-14-5-7(12)15-10(13)16-8(5)17/h5-9,11-13,15,17,21,31,33H,10H2,1-4H3,(H,29,39)(H4,24,25,27,28);5-11,13,18H,4H2,1-3H3,(H2,22,24,25);3-4,6,9,18-20H,2H2,1H3,(H4,12,13,15,16)/t13-,15+,17+,21+,23+,38?;11-,13-,18-,20-;4-,6-,9-,11-/m011/s1. The van der Waals surface area contributed by atoms with Gasteiger partial charge in [0, 0.05) is 5.92 Å². The molecule has 2 aromatic carbocycles. The lowest BCUT2D eigenvalue weighted by Crippen LogP contribution is -2.44. The lowest BCUT2D eigenvalue weighted by atomic mass is 9.86. The number of anilines is 5. The van der Waals surface area contributed by atoms with Crippen molar-refractivity contribution in [1.82, 2.24) is 63.6 Å². The summed E-state index contributed by atoms with van der Waals surface area (Å²) >= 11 is 11.9. The minimum atomic E-state index is -3.41. The topological polar surface area (TPSA) is 473 Å². The maximum Gasteiger partial charge on any atom is 0.338 e. The van der Waals surface area contributed by atoms with E-state index in [0.717, 1.165) is 6.42 Å². The summed E-state index contributed by atoms with van der Waals surface area (Å²) in [5.41, 5.74) is 26.7. The number of nitrogens with zero attached hydrogens (tertiary/aromatic N) is 12. The average Bonchev–Trinajstić information content (AvgIpc) is 1.63. The van der Waals surface area contributed by atoms with Gasteiger partial charge in [-0.1, -0.05) is 61.8 Å². The number of nitrogen functional groups attached to an aromatic ring is 5. The number of halogens is 1. The van der Waals surface area contributed by atoms with Crippen LogP contribution < -0.4 is 38.3 Å². The highest BCUT2D eigenvalue weighted by Crippen LogP contribution is 2.49. The molecule has 0 saturated carbocycles. The molecule has 6 aromatic heterocycles. The number of aromatic nitrogens is 12. The molecule has 0 amide bonds. The molecule has 0 radical (unpaired) electrons. The maximum absolute atomic E-state index is 12.9. The fourth-order valence-electron chi connectivity index (χ4n) is 10.4. The summed E-state index contributed by atoms with van der Waals surface area (Å²) in [7, 11) is 0.